The number of benzene rings is 1. The molecule has 0 saturated carbocycles. The number of nitrogen functional groups attached to an aromatic ring is 1. The van der Waals surface area contributed by atoms with Gasteiger partial charge in [-0.05, 0) is 13.0 Å². The summed E-state index contributed by atoms with van der Waals surface area (Å²) in [6, 6.07) is 5.31. The first kappa shape index (κ1) is 9.77. The second-order valence-electron chi connectivity index (χ2n) is 3.93. The monoisotopic (exact) mass is 229 g/mol. The molecule has 5 heteroatoms. The lowest BCUT2D eigenvalue weighted by atomic mass is 10.1. The summed E-state index contributed by atoms with van der Waals surface area (Å²) in [5.74, 6) is 0.731. The Morgan fingerprint density at radius 2 is 2.24 bits per heavy atom. The van der Waals surface area contributed by atoms with Crippen LogP contribution < -0.4 is 5.73 Å². The van der Waals surface area contributed by atoms with Crippen molar-refractivity contribution < 1.29 is 9.63 Å². The molecular weight excluding hydrogens is 218 g/mol. The van der Waals surface area contributed by atoms with Crippen molar-refractivity contribution in [1.82, 2.24) is 10.1 Å². The van der Waals surface area contributed by atoms with Crippen LogP contribution in [0.2, 0.25) is 0 Å². The Bertz CT molecular complexity index is 697. The Kier molecular flexibility index (Phi) is 1.89. The smallest absolute Gasteiger partial charge is 0.192 e. The topological polar surface area (TPSA) is 88.1 Å². The van der Waals surface area contributed by atoms with Crippen molar-refractivity contribution in [2.45, 2.75) is 6.92 Å². The SMILES string of the molecule is Cc1[nH]c2c(O)cccc2c1-c1oncc1N. The van der Waals surface area contributed by atoms with Gasteiger partial charge in [-0.15, -0.1) is 0 Å². The lowest BCUT2D eigenvalue weighted by molar-refractivity contribution is 0.432. The Balaban J connectivity index is 2.41. The number of para-hydroxylation sites is 1. The van der Waals surface area contributed by atoms with Crippen molar-refractivity contribution in [3.63, 3.8) is 0 Å². The number of aromatic amines is 1. The van der Waals surface area contributed by atoms with E-state index in [-0.39, 0.29) is 5.75 Å². The average molecular weight is 229 g/mol. The molecule has 3 aromatic rings. The number of nitrogens with one attached hydrogen (secondary N) is 1. The highest BCUT2D eigenvalue weighted by Gasteiger charge is 2.17. The van der Waals surface area contributed by atoms with E-state index in [4.69, 9.17) is 10.3 Å². The van der Waals surface area contributed by atoms with E-state index in [9.17, 15) is 5.11 Å². The third-order valence-corrected chi connectivity index (χ3v) is 2.82. The van der Waals surface area contributed by atoms with Gasteiger partial charge in [0.05, 0.1) is 17.3 Å². The molecule has 5 nitrogen and oxygen atoms in total. The molecule has 4 N–H and O–H groups in total. The third kappa shape index (κ3) is 1.29. The quantitative estimate of drug-likeness (QED) is 0.598. The summed E-state index contributed by atoms with van der Waals surface area (Å²) in [5.41, 5.74) is 8.68. The minimum Gasteiger partial charge on any atom is -0.506 e. The molecule has 0 spiro atoms. The van der Waals surface area contributed by atoms with Crippen molar-refractivity contribution >= 4 is 16.6 Å². The standard InChI is InChI=1S/C12H11N3O2/c1-6-10(12-8(13)5-14-17-12)7-3-2-4-9(16)11(7)15-6/h2-5,15-16H,13H2,1H3. The van der Waals surface area contributed by atoms with Crippen LogP contribution in [0.4, 0.5) is 5.69 Å². The fourth-order valence-electron chi connectivity index (χ4n) is 2.06. The van der Waals surface area contributed by atoms with Gasteiger partial charge in [-0.1, -0.05) is 17.3 Å². The summed E-state index contributed by atoms with van der Waals surface area (Å²) in [6.45, 7) is 1.90. The maximum absolute atomic E-state index is 9.77. The summed E-state index contributed by atoms with van der Waals surface area (Å²) in [5, 5.41) is 14.3. The number of nitrogens with zero attached hydrogens (tertiary/aromatic N) is 1. The number of anilines is 1. The molecule has 0 aliphatic heterocycles. The van der Waals surface area contributed by atoms with E-state index in [2.05, 4.69) is 10.1 Å². The first-order valence-corrected chi connectivity index (χ1v) is 5.19. The van der Waals surface area contributed by atoms with E-state index >= 15 is 0 Å². The van der Waals surface area contributed by atoms with E-state index in [1.165, 1.54) is 6.20 Å². The Labute approximate surface area is 96.8 Å². The summed E-state index contributed by atoms with van der Waals surface area (Å²) in [6.07, 6.45) is 1.47. The molecule has 0 bridgehead atoms. The number of hydrogen-bond acceptors (Lipinski definition) is 4. The van der Waals surface area contributed by atoms with Gasteiger partial charge in [0.2, 0.25) is 0 Å². The molecule has 2 heterocycles. The van der Waals surface area contributed by atoms with Crippen LogP contribution in [0.1, 0.15) is 5.69 Å². The van der Waals surface area contributed by atoms with Crippen LogP contribution in [0.15, 0.2) is 28.9 Å². The van der Waals surface area contributed by atoms with Gasteiger partial charge in [-0.25, -0.2) is 0 Å². The van der Waals surface area contributed by atoms with Gasteiger partial charge < -0.3 is 20.3 Å². The second kappa shape index (κ2) is 3.28. The number of aryl methyl sites for hydroxylation is 1. The molecule has 0 radical (unpaired) electrons. The summed E-state index contributed by atoms with van der Waals surface area (Å²) >= 11 is 0. The fourth-order valence-corrected chi connectivity index (χ4v) is 2.06. The zero-order valence-corrected chi connectivity index (χ0v) is 9.19. The lowest BCUT2D eigenvalue weighted by Crippen LogP contribution is -1.85. The number of H-pyrrole nitrogens is 1. The normalized spacial score (nSPS) is 11.1. The summed E-state index contributed by atoms with van der Waals surface area (Å²) in [7, 11) is 0. The van der Waals surface area contributed by atoms with E-state index in [0.29, 0.717) is 17.0 Å². The zero-order chi connectivity index (χ0) is 12.0. The van der Waals surface area contributed by atoms with Crippen molar-refractivity contribution in [3.05, 3.63) is 30.1 Å². The van der Waals surface area contributed by atoms with Gasteiger partial charge in [-0.3, -0.25) is 0 Å². The van der Waals surface area contributed by atoms with Crippen LogP contribution in [-0.2, 0) is 0 Å². The van der Waals surface area contributed by atoms with Gasteiger partial charge in [-0.2, -0.15) is 0 Å². The summed E-state index contributed by atoms with van der Waals surface area (Å²) in [4.78, 5) is 3.12. The van der Waals surface area contributed by atoms with E-state index in [0.717, 1.165) is 16.6 Å². The van der Waals surface area contributed by atoms with Gasteiger partial charge in [0.1, 0.15) is 11.4 Å². The maximum Gasteiger partial charge on any atom is 0.192 e. The number of fused-ring (bicyclic) bond motifs is 1. The first-order chi connectivity index (χ1) is 8.18. The van der Waals surface area contributed by atoms with Crippen molar-refractivity contribution in [1.29, 1.82) is 0 Å². The molecule has 3 rings (SSSR count). The maximum atomic E-state index is 9.77. The number of nitrogens with two attached hydrogens (primary N) is 1. The predicted molar refractivity (Wildman–Crippen MR) is 64.6 cm³/mol. The Morgan fingerprint density at radius 1 is 1.41 bits per heavy atom. The highest BCUT2D eigenvalue weighted by atomic mass is 16.5. The molecular formula is C12H11N3O2. The van der Waals surface area contributed by atoms with Crippen molar-refractivity contribution in [3.8, 4) is 17.1 Å². The molecule has 2 aromatic heterocycles. The Morgan fingerprint density at radius 3 is 2.94 bits per heavy atom. The predicted octanol–water partition coefficient (Wildman–Crippen LogP) is 2.42. The first-order valence-electron chi connectivity index (χ1n) is 5.19. The molecule has 0 saturated heterocycles. The minimum absolute atomic E-state index is 0.204. The summed E-state index contributed by atoms with van der Waals surface area (Å²) < 4.78 is 5.16. The fraction of sp³-hybridized carbons (Fsp3) is 0.0833. The number of rotatable bonds is 1. The molecule has 0 unspecified atom stereocenters. The van der Waals surface area contributed by atoms with Gasteiger partial charge >= 0.3 is 0 Å². The van der Waals surface area contributed by atoms with Crippen molar-refractivity contribution in [2.24, 2.45) is 0 Å². The number of aromatic nitrogens is 2. The van der Waals surface area contributed by atoms with E-state index < -0.39 is 0 Å². The zero-order valence-electron chi connectivity index (χ0n) is 9.19. The van der Waals surface area contributed by atoms with E-state index in [1.807, 2.05) is 13.0 Å². The lowest BCUT2D eigenvalue weighted by Gasteiger charge is -1.97. The van der Waals surface area contributed by atoms with Crippen LogP contribution in [0.25, 0.3) is 22.2 Å². The van der Waals surface area contributed by atoms with E-state index in [1.54, 1.807) is 12.1 Å². The minimum atomic E-state index is 0.204. The number of aromatic hydroxyl groups is 1. The average Bonchev–Trinajstić information content (AvgIpc) is 2.83. The number of hydrogen-bond donors (Lipinski definition) is 3. The molecule has 0 fully saturated rings. The van der Waals surface area contributed by atoms with Gasteiger partial charge in [0, 0.05) is 11.1 Å². The highest BCUT2D eigenvalue weighted by molar-refractivity contribution is 6.00. The van der Waals surface area contributed by atoms with Crippen molar-refractivity contribution in [2.75, 3.05) is 5.73 Å². The number of phenolic OH excluding ortho intramolecular Hbond substituents is 1. The largest absolute Gasteiger partial charge is 0.506 e. The van der Waals surface area contributed by atoms with Gasteiger partial charge in [0.25, 0.3) is 0 Å². The molecule has 0 aliphatic carbocycles. The second-order valence-corrected chi connectivity index (χ2v) is 3.93. The van der Waals surface area contributed by atoms with Crippen LogP contribution in [0.5, 0.6) is 5.75 Å². The van der Waals surface area contributed by atoms with Crippen LogP contribution >= 0.6 is 0 Å². The Hall–Kier alpha value is -2.43. The van der Waals surface area contributed by atoms with Crippen LogP contribution in [0.3, 0.4) is 0 Å². The molecule has 1 aromatic carbocycles. The van der Waals surface area contributed by atoms with Gasteiger partial charge in [0.15, 0.2) is 5.76 Å². The molecule has 0 atom stereocenters. The molecule has 0 amide bonds. The molecule has 86 valence electrons. The van der Waals surface area contributed by atoms with Crippen LogP contribution in [0, 0.1) is 6.92 Å². The third-order valence-electron chi connectivity index (χ3n) is 2.82. The molecule has 0 aliphatic rings. The highest BCUT2D eigenvalue weighted by Crippen LogP contribution is 2.37. The molecule has 17 heavy (non-hydrogen) atoms. The van der Waals surface area contributed by atoms with Crippen LogP contribution in [-0.4, -0.2) is 15.2 Å². The number of phenols is 1.